The van der Waals surface area contributed by atoms with Crippen LogP contribution in [0.1, 0.15) is 86.3 Å². The number of aromatic hydroxyl groups is 2. The highest BCUT2D eigenvalue weighted by Crippen LogP contribution is 2.38. The number of nitrogens with one attached hydrogen (secondary N) is 2. The number of aliphatic hydroxyl groups is 1. The third-order valence-electron chi connectivity index (χ3n) is 11.0. The number of hydrazine groups is 1. The Kier molecular flexibility index (Phi) is 28.9. The minimum atomic E-state index is -3.46. The molecule has 0 saturated heterocycles. The lowest BCUT2D eigenvalue weighted by Crippen LogP contribution is -2.37. The maximum absolute atomic E-state index is 13.2. The molecule has 0 spiro atoms. The number of fused-ring (bicyclic) bond motifs is 3. The lowest BCUT2D eigenvalue weighted by Gasteiger charge is -2.33. The van der Waals surface area contributed by atoms with Gasteiger partial charge in [0.2, 0.25) is 18.1 Å². The lowest BCUT2D eigenvalue weighted by atomic mass is 9.95. The molecule has 75 heavy (non-hydrogen) atoms. The predicted molar refractivity (Wildman–Crippen MR) is 294 cm³/mol. The molecule has 11 N–H and O–H groups in total. The third kappa shape index (κ3) is 20.4. The summed E-state index contributed by atoms with van der Waals surface area (Å²) in [5.41, 5.74) is 11.7. The maximum Gasteiger partial charge on any atom is 0.321 e. The Bertz CT molecular complexity index is 2680. The van der Waals surface area contributed by atoms with Gasteiger partial charge in [-0.25, -0.2) is 5.84 Å². The molecule has 2 heterocycles. The van der Waals surface area contributed by atoms with Crippen LogP contribution in [-0.2, 0) is 46.7 Å². The number of nitrogens with zero attached hydrogens (tertiary/aromatic N) is 2. The van der Waals surface area contributed by atoms with Gasteiger partial charge in [0.05, 0.1) is 81.8 Å². The number of hydrogen-bond donors (Lipinski definition) is 9. The predicted octanol–water partition coefficient (Wildman–Crippen LogP) is 6.11. The first-order valence-corrected chi connectivity index (χ1v) is 27.3. The van der Waals surface area contributed by atoms with E-state index in [9.17, 15) is 29.4 Å². The van der Waals surface area contributed by atoms with Crippen LogP contribution in [-0.4, -0.2) is 121 Å². The van der Waals surface area contributed by atoms with E-state index in [-0.39, 0.29) is 53.7 Å². The maximum atomic E-state index is 13.2. The van der Waals surface area contributed by atoms with E-state index in [0.717, 1.165) is 61.6 Å². The molecule has 6 rings (SSSR count). The van der Waals surface area contributed by atoms with E-state index in [0.29, 0.717) is 88.0 Å². The quantitative estimate of drug-likeness (QED) is 0.00753. The van der Waals surface area contributed by atoms with Gasteiger partial charge < -0.3 is 74.5 Å². The molecule has 0 saturated carbocycles. The molecule has 0 fully saturated rings. The monoisotopic (exact) mass is 1080 g/mol. The van der Waals surface area contributed by atoms with E-state index in [4.69, 9.17) is 45.1 Å². The fourth-order valence-corrected chi connectivity index (χ4v) is 8.03. The van der Waals surface area contributed by atoms with Crippen LogP contribution in [0, 0.1) is 0 Å². The molecule has 0 bridgehead atoms. The summed E-state index contributed by atoms with van der Waals surface area (Å²) in [5, 5.41) is 34.0. The van der Waals surface area contributed by atoms with Gasteiger partial charge in [0.25, 0.3) is 5.91 Å². The van der Waals surface area contributed by atoms with Crippen molar-refractivity contribution in [2.45, 2.75) is 65.8 Å². The van der Waals surface area contributed by atoms with Crippen molar-refractivity contribution in [3.63, 3.8) is 0 Å². The fraction of sp³-hybridized carbons (Fsp3) is 0.396. The minimum absolute atomic E-state index is 0.0401. The molecule has 20 nitrogen and oxygen atoms in total. The second-order valence-electron chi connectivity index (χ2n) is 16.1. The molecular weight excluding hydrogens is 1010 g/mol. The Hall–Kier alpha value is -6.23. The number of para-hydroxylation sites is 1. The first-order valence-electron chi connectivity index (χ1n) is 24.7. The number of aliphatic hydroxyl groups excluding tert-OH is 1. The number of benzene rings is 4. The van der Waals surface area contributed by atoms with E-state index in [1.54, 1.807) is 34.2 Å². The zero-order valence-electron chi connectivity index (χ0n) is 43.1. The summed E-state index contributed by atoms with van der Waals surface area (Å²) in [6.07, 6.45) is 5.43. The molecule has 5 aromatic rings. The molecular formula is C53H73N6O14PS. The van der Waals surface area contributed by atoms with E-state index >= 15 is 0 Å². The van der Waals surface area contributed by atoms with Crippen molar-refractivity contribution in [2.24, 2.45) is 11.6 Å². The first-order chi connectivity index (χ1) is 36.2. The number of rotatable bonds is 26. The van der Waals surface area contributed by atoms with Gasteiger partial charge in [0, 0.05) is 54.9 Å². The summed E-state index contributed by atoms with van der Waals surface area (Å²) < 4.78 is 27.3. The number of carbonyl (C=O) groups excluding carboxylic acids is 3. The molecule has 4 aromatic carbocycles. The number of unbranched alkanes of at least 4 members (excludes halogenated alkanes) is 3. The van der Waals surface area contributed by atoms with Crippen molar-refractivity contribution in [1.29, 1.82) is 0 Å². The Morgan fingerprint density at radius 2 is 1.45 bits per heavy atom. The summed E-state index contributed by atoms with van der Waals surface area (Å²) in [6.45, 7) is 6.56. The van der Waals surface area contributed by atoms with Crippen molar-refractivity contribution in [1.82, 2.24) is 15.6 Å². The second kappa shape index (κ2) is 34.4. The normalized spacial score (nSPS) is 12.7. The molecule has 0 atom stereocenters. The van der Waals surface area contributed by atoms with E-state index in [2.05, 4.69) is 27.0 Å². The van der Waals surface area contributed by atoms with Gasteiger partial charge >= 0.3 is 6.72 Å². The zero-order valence-corrected chi connectivity index (χ0v) is 44.8. The highest BCUT2D eigenvalue weighted by molar-refractivity contribution is 8.06. The number of phenols is 2. The van der Waals surface area contributed by atoms with Crippen molar-refractivity contribution in [3.05, 3.63) is 123 Å². The van der Waals surface area contributed by atoms with Gasteiger partial charge in [-0.2, -0.15) is 0 Å². The van der Waals surface area contributed by atoms with Gasteiger partial charge in [-0.15, -0.1) is 0 Å². The molecule has 0 radical (unpaired) electrons. The summed E-state index contributed by atoms with van der Waals surface area (Å²) in [5.74, 6) is 5.64. The Labute approximate surface area is 443 Å². The molecule has 1 aromatic heterocycles. The smallest absolute Gasteiger partial charge is 0.321 e. The highest BCUT2D eigenvalue weighted by atomic mass is 32.5. The average molecular weight is 1080 g/mol. The largest absolute Gasteiger partial charge is 0.504 e. The number of amides is 3. The lowest BCUT2D eigenvalue weighted by molar-refractivity contribution is -0.118. The second-order valence-corrected chi connectivity index (χ2v) is 18.8. The van der Waals surface area contributed by atoms with Crippen molar-refractivity contribution < 1.29 is 62.6 Å². The molecule has 3 amide bonds. The fourth-order valence-electron chi connectivity index (χ4n) is 7.44. The zero-order chi connectivity index (χ0) is 55.2. The van der Waals surface area contributed by atoms with Gasteiger partial charge in [0.15, 0.2) is 16.8 Å². The van der Waals surface area contributed by atoms with Gasteiger partial charge in [-0.3, -0.25) is 19.2 Å². The number of hydrogen-bond acceptors (Lipinski definition) is 16. The van der Waals surface area contributed by atoms with Crippen LogP contribution < -0.4 is 32.5 Å². The minimum Gasteiger partial charge on any atom is -0.504 e. The van der Waals surface area contributed by atoms with Crippen LogP contribution >= 0.6 is 6.72 Å². The number of anilines is 1. The van der Waals surface area contributed by atoms with Crippen molar-refractivity contribution in [2.75, 3.05) is 77.9 Å². The van der Waals surface area contributed by atoms with Crippen molar-refractivity contribution in [3.8, 4) is 22.8 Å². The number of phenolic OH excluding ortho intramolecular Hbond substituents is 2. The molecule has 0 aliphatic carbocycles. The van der Waals surface area contributed by atoms with E-state index in [1.807, 2.05) is 69.3 Å². The van der Waals surface area contributed by atoms with E-state index < -0.39 is 18.2 Å². The van der Waals surface area contributed by atoms with Gasteiger partial charge in [-0.05, 0) is 67.0 Å². The standard InChI is InChI=1S/C43H47N5O9.C7H16NO4PS.C2H6.CH4O/c1-2-7-38(51)47-27-30-8-3-4-9-31(30)40(39(44)32-10-5-6-11-34(32)47)48(45)19-21-55-23-25-56-24-22-54-20-18-46-43(53)29-14-12-28(13-15-29)37-26-36(50)33-16-17-35(49)41(52)42(33)57-37;9-7-8-5-3-1-2-4-6-12-13(10,11)14;2*1-2/h3-6,8-17,26,49,52H,2,7,18-25,27,44-45H2,1H3,(H,46,53);7H,1-6H2,(H,8,9)(H2,10,11,14);1-2H3;2H,1H3/b40-39-;;;. The number of ether oxygens (including phenoxy) is 3. The molecule has 410 valence electrons. The Balaban J connectivity index is 0.000000709. The van der Waals surface area contributed by atoms with Gasteiger partial charge in [-0.1, -0.05) is 88.2 Å². The summed E-state index contributed by atoms with van der Waals surface area (Å²) >= 11 is 4.27. The first kappa shape index (κ1) is 63.1. The molecule has 0 unspecified atom stereocenters. The molecule has 1 aliphatic rings. The molecule has 1 aliphatic heterocycles. The average Bonchev–Trinajstić information content (AvgIpc) is 3.41. The Morgan fingerprint density at radius 1 is 0.827 bits per heavy atom. The van der Waals surface area contributed by atoms with E-state index in [1.165, 1.54) is 18.2 Å². The summed E-state index contributed by atoms with van der Waals surface area (Å²) in [7, 11) is 1.00. The number of nitrogens with two attached hydrogens (primary N) is 2. The molecule has 22 heteroatoms. The van der Waals surface area contributed by atoms with Crippen LogP contribution in [0.5, 0.6) is 11.5 Å². The topological polar surface area (TPSA) is 302 Å². The third-order valence-corrected chi connectivity index (χ3v) is 11.8. The summed E-state index contributed by atoms with van der Waals surface area (Å²) in [6, 6.07) is 25.8. The number of carbonyl (C=O) groups is 3. The SMILES string of the molecule is CC.CCCC(=O)N1Cc2ccccc2/C(N(N)CCOCCOCCOCCNC(=O)c2ccc(-c3cc(=O)c4ccc(O)c(O)c4o3)cc2)=C(/N)c2ccccc21.CO.O=CNCCCCCCOP(O)(O)=S. The van der Waals surface area contributed by atoms with Crippen molar-refractivity contribution >= 4 is 64.8 Å². The van der Waals surface area contributed by atoms with Crippen LogP contribution in [0.25, 0.3) is 33.7 Å². The Morgan fingerprint density at radius 3 is 2.12 bits per heavy atom. The van der Waals surface area contributed by atoms with Crippen LogP contribution in [0.4, 0.5) is 5.69 Å². The van der Waals surface area contributed by atoms with Crippen LogP contribution in [0.2, 0.25) is 0 Å². The highest BCUT2D eigenvalue weighted by Gasteiger charge is 2.27. The summed E-state index contributed by atoms with van der Waals surface area (Å²) in [4.78, 5) is 67.4. The van der Waals surface area contributed by atoms with Crippen LogP contribution in [0.15, 0.2) is 100 Å². The van der Waals surface area contributed by atoms with Crippen LogP contribution in [0.3, 0.4) is 0 Å². The van der Waals surface area contributed by atoms with Gasteiger partial charge in [0.1, 0.15) is 5.76 Å².